The topological polar surface area (TPSA) is 63.0 Å². The molecule has 0 saturated carbocycles. The molecule has 18 heavy (non-hydrogen) atoms. The number of pyridine rings is 1. The quantitative estimate of drug-likeness (QED) is 0.467. The predicted molar refractivity (Wildman–Crippen MR) is 67.0 cm³/mol. The minimum atomic E-state index is -2.77. The van der Waals surface area contributed by atoms with Crippen molar-refractivity contribution in [2.24, 2.45) is 0 Å². The molecule has 0 fully saturated rings. The number of hydrogen-bond donors (Lipinski definition) is 0. The molecule has 0 atom stereocenters. The number of aromatic nitrogens is 1. The van der Waals surface area contributed by atoms with E-state index in [-0.39, 0.29) is 33.5 Å². The summed E-state index contributed by atoms with van der Waals surface area (Å²) >= 11 is 1.73. The van der Waals surface area contributed by atoms with Crippen LogP contribution in [0, 0.1) is 15.0 Å². The van der Waals surface area contributed by atoms with Crippen LogP contribution in [0.15, 0.2) is 6.07 Å². The Morgan fingerprint density at radius 3 is 2.83 bits per heavy atom. The summed E-state index contributed by atoms with van der Waals surface area (Å²) < 4.78 is 30.7. The number of alkyl halides is 2. The van der Waals surface area contributed by atoms with E-state index in [1.807, 2.05) is 0 Å². The number of ether oxygens (including phenoxy) is 1. The van der Waals surface area contributed by atoms with Crippen molar-refractivity contribution in [2.75, 3.05) is 6.61 Å². The van der Waals surface area contributed by atoms with Crippen molar-refractivity contribution in [3.05, 3.63) is 26.6 Å². The smallest absolute Gasteiger partial charge is 0.310 e. The van der Waals surface area contributed by atoms with Gasteiger partial charge in [0.2, 0.25) is 0 Å². The molecule has 0 N–H and O–H groups in total. The van der Waals surface area contributed by atoms with Crippen molar-refractivity contribution in [1.29, 1.82) is 5.26 Å². The maximum atomic E-state index is 12.9. The van der Waals surface area contributed by atoms with Crippen molar-refractivity contribution < 1.29 is 18.3 Å². The summed E-state index contributed by atoms with van der Waals surface area (Å²) in [6, 6.07) is 2.70. The Bertz CT molecular complexity index is 501. The van der Waals surface area contributed by atoms with Gasteiger partial charge in [0.25, 0.3) is 6.43 Å². The van der Waals surface area contributed by atoms with Gasteiger partial charge in [-0.15, -0.1) is 0 Å². The Balaban J connectivity index is 3.17. The molecular formula is C11H9F2IN2O2. The van der Waals surface area contributed by atoms with E-state index in [0.29, 0.717) is 0 Å². The van der Waals surface area contributed by atoms with Crippen LogP contribution in [-0.4, -0.2) is 17.6 Å². The second kappa shape index (κ2) is 6.58. The molecule has 1 heterocycles. The Morgan fingerprint density at radius 2 is 2.33 bits per heavy atom. The minimum Gasteiger partial charge on any atom is -0.466 e. The lowest BCUT2D eigenvalue weighted by Gasteiger charge is -2.10. The van der Waals surface area contributed by atoms with Gasteiger partial charge in [0.05, 0.1) is 13.0 Å². The van der Waals surface area contributed by atoms with E-state index in [1.54, 1.807) is 35.6 Å². The molecule has 0 aliphatic rings. The molecule has 0 saturated heterocycles. The molecule has 7 heteroatoms. The summed E-state index contributed by atoms with van der Waals surface area (Å²) in [6.07, 6.45) is -3.04. The van der Waals surface area contributed by atoms with Crippen molar-refractivity contribution in [2.45, 2.75) is 19.8 Å². The van der Waals surface area contributed by atoms with E-state index in [4.69, 9.17) is 10.00 Å². The largest absolute Gasteiger partial charge is 0.466 e. The highest BCUT2D eigenvalue weighted by Gasteiger charge is 2.20. The minimum absolute atomic E-state index is 0.0951. The van der Waals surface area contributed by atoms with Gasteiger partial charge in [-0.05, 0) is 35.6 Å². The maximum absolute atomic E-state index is 12.9. The summed E-state index contributed by atoms with van der Waals surface area (Å²) in [5, 5.41) is 8.67. The second-order valence-electron chi connectivity index (χ2n) is 3.26. The summed E-state index contributed by atoms with van der Waals surface area (Å²) in [7, 11) is 0. The maximum Gasteiger partial charge on any atom is 0.310 e. The highest BCUT2D eigenvalue weighted by molar-refractivity contribution is 14.1. The van der Waals surface area contributed by atoms with E-state index in [1.165, 1.54) is 0 Å². The molecule has 1 aromatic rings. The van der Waals surface area contributed by atoms with E-state index in [9.17, 15) is 13.6 Å². The van der Waals surface area contributed by atoms with E-state index < -0.39 is 12.4 Å². The van der Waals surface area contributed by atoms with Gasteiger partial charge in [-0.1, -0.05) is 0 Å². The number of hydrogen-bond acceptors (Lipinski definition) is 4. The summed E-state index contributed by atoms with van der Waals surface area (Å²) in [5.41, 5.74) is -0.329. The van der Waals surface area contributed by atoms with E-state index in [2.05, 4.69) is 4.98 Å². The number of halogens is 3. The second-order valence-corrected chi connectivity index (χ2v) is 4.28. The number of nitrogens with zero attached hydrogens (tertiary/aromatic N) is 2. The van der Waals surface area contributed by atoms with Gasteiger partial charge in [-0.3, -0.25) is 4.79 Å². The first-order valence-electron chi connectivity index (χ1n) is 5.02. The fraction of sp³-hybridized carbons (Fsp3) is 0.364. The van der Waals surface area contributed by atoms with Gasteiger partial charge in [0.15, 0.2) is 0 Å². The zero-order valence-electron chi connectivity index (χ0n) is 9.41. The van der Waals surface area contributed by atoms with Gasteiger partial charge in [0.1, 0.15) is 15.5 Å². The highest BCUT2D eigenvalue weighted by Crippen LogP contribution is 2.27. The zero-order chi connectivity index (χ0) is 13.7. The molecule has 0 aromatic carbocycles. The number of nitriles is 1. The standard InChI is InChI=1S/C11H9F2IN2O2/c1-2-18-9(17)4-8-7(10(12)13)3-6(5-15)16-11(8)14/h3,10H,2,4H2,1H3. The molecule has 0 unspecified atom stereocenters. The van der Waals surface area contributed by atoms with Crippen LogP contribution in [0.2, 0.25) is 0 Å². The summed E-state index contributed by atoms with van der Waals surface area (Å²) in [5.74, 6) is -0.594. The molecule has 0 radical (unpaired) electrons. The van der Waals surface area contributed by atoms with Crippen LogP contribution in [-0.2, 0) is 16.0 Å². The Hall–Kier alpha value is -1.30. The van der Waals surface area contributed by atoms with E-state index in [0.717, 1.165) is 6.07 Å². The van der Waals surface area contributed by atoms with Crippen LogP contribution in [0.25, 0.3) is 0 Å². The normalized spacial score (nSPS) is 10.2. The molecule has 0 bridgehead atoms. The van der Waals surface area contributed by atoms with Crippen molar-refractivity contribution in [3.8, 4) is 6.07 Å². The Labute approximate surface area is 116 Å². The third-order valence-electron chi connectivity index (χ3n) is 2.08. The van der Waals surface area contributed by atoms with Gasteiger partial charge in [-0.2, -0.15) is 5.26 Å². The van der Waals surface area contributed by atoms with Crippen LogP contribution in [0.3, 0.4) is 0 Å². The first-order chi connectivity index (χ1) is 8.49. The van der Waals surface area contributed by atoms with Crippen molar-refractivity contribution in [1.82, 2.24) is 4.98 Å². The van der Waals surface area contributed by atoms with Crippen LogP contribution in [0.4, 0.5) is 8.78 Å². The number of carbonyl (C=O) groups is 1. The van der Waals surface area contributed by atoms with Gasteiger partial charge >= 0.3 is 5.97 Å². The third-order valence-corrected chi connectivity index (χ3v) is 2.98. The van der Waals surface area contributed by atoms with E-state index >= 15 is 0 Å². The van der Waals surface area contributed by atoms with Gasteiger partial charge < -0.3 is 4.74 Å². The molecule has 0 aliphatic heterocycles. The number of rotatable bonds is 4. The molecule has 1 aromatic heterocycles. The number of carbonyl (C=O) groups excluding carboxylic acids is 1. The van der Waals surface area contributed by atoms with Crippen molar-refractivity contribution >= 4 is 28.6 Å². The summed E-state index contributed by atoms with van der Waals surface area (Å²) in [6.45, 7) is 1.82. The third kappa shape index (κ3) is 3.60. The van der Waals surface area contributed by atoms with Crippen LogP contribution in [0.5, 0.6) is 0 Å². The van der Waals surface area contributed by atoms with Gasteiger partial charge in [-0.25, -0.2) is 13.8 Å². The summed E-state index contributed by atoms with van der Waals surface area (Å²) in [4.78, 5) is 15.2. The lowest BCUT2D eigenvalue weighted by Crippen LogP contribution is -2.12. The van der Waals surface area contributed by atoms with Gasteiger partial charge in [0, 0.05) is 11.1 Å². The molecule has 0 aliphatic carbocycles. The fourth-order valence-electron chi connectivity index (χ4n) is 1.34. The first-order valence-corrected chi connectivity index (χ1v) is 6.10. The molecule has 96 valence electrons. The lowest BCUT2D eigenvalue weighted by molar-refractivity contribution is -0.142. The molecule has 1 rings (SSSR count). The number of esters is 1. The van der Waals surface area contributed by atoms with Crippen LogP contribution >= 0.6 is 22.6 Å². The zero-order valence-corrected chi connectivity index (χ0v) is 11.6. The Kier molecular flexibility index (Phi) is 5.40. The monoisotopic (exact) mass is 366 g/mol. The average molecular weight is 366 g/mol. The molecule has 0 amide bonds. The lowest BCUT2D eigenvalue weighted by atomic mass is 10.1. The average Bonchev–Trinajstić information content (AvgIpc) is 2.31. The highest BCUT2D eigenvalue weighted by atomic mass is 127. The van der Waals surface area contributed by atoms with Crippen LogP contribution < -0.4 is 0 Å². The molecule has 4 nitrogen and oxygen atoms in total. The molecule has 0 spiro atoms. The fourth-order valence-corrected chi connectivity index (χ4v) is 2.10. The van der Waals surface area contributed by atoms with Crippen molar-refractivity contribution in [3.63, 3.8) is 0 Å². The SMILES string of the molecule is CCOC(=O)Cc1c(C(F)F)cc(C#N)nc1I. The Morgan fingerprint density at radius 1 is 1.67 bits per heavy atom. The first kappa shape index (κ1) is 14.8. The van der Waals surface area contributed by atoms with Crippen LogP contribution in [0.1, 0.15) is 30.2 Å². The molecular weight excluding hydrogens is 357 g/mol. The predicted octanol–water partition coefficient (Wildman–Crippen LogP) is 2.60.